The molecule has 0 spiro atoms. The van der Waals surface area contributed by atoms with Crippen LogP contribution in [0.3, 0.4) is 0 Å². The largest absolute Gasteiger partial charge is 0.325 e. The van der Waals surface area contributed by atoms with Gasteiger partial charge in [-0.25, -0.2) is 4.79 Å². The summed E-state index contributed by atoms with van der Waals surface area (Å²) in [5.41, 5.74) is 1.09. The molecule has 22 heavy (non-hydrogen) atoms. The topological polar surface area (TPSA) is 49.4 Å². The van der Waals surface area contributed by atoms with Crippen LogP contribution >= 0.6 is 0 Å². The molecule has 3 fully saturated rings. The number of nitrogens with one attached hydrogen (secondary N) is 1. The van der Waals surface area contributed by atoms with E-state index in [9.17, 15) is 9.59 Å². The minimum absolute atomic E-state index is 0.0415. The van der Waals surface area contributed by atoms with Crippen LogP contribution in [0.4, 0.5) is 4.79 Å². The lowest BCUT2D eigenvalue weighted by Gasteiger charge is -2.21. The van der Waals surface area contributed by atoms with Crippen LogP contribution < -0.4 is 5.32 Å². The van der Waals surface area contributed by atoms with Gasteiger partial charge in [0.25, 0.3) is 5.91 Å². The summed E-state index contributed by atoms with van der Waals surface area (Å²) in [4.78, 5) is 26.3. The molecule has 1 saturated heterocycles. The second-order valence-electron chi connectivity index (χ2n) is 6.98. The molecule has 1 aromatic rings. The third kappa shape index (κ3) is 2.74. The summed E-state index contributed by atoms with van der Waals surface area (Å²) < 4.78 is 0. The van der Waals surface area contributed by atoms with Crippen LogP contribution in [0, 0.1) is 17.8 Å². The Morgan fingerprint density at radius 2 is 1.68 bits per heavy atom. The summed E-state index contributed by atoms with van der Waals surface area (Å²) in [6.07, 6.45) is 5.69. The second-order valence-corrected chi connectivity index (χ2v) is 6.98. The maximum Gasteiger partial charge on any atom is 0.324 e. The molecule has 1 atom stereocenters. The van der Waals surface area contributed by atoms with Crippen LogP contribution in [-0.4, -0.2) is 29.4 Å². The highest BCUT2D eigenvalue weighted by molar-refractivity contribution is 6.04. The van der Waals surface area contributed by atoms with E-state index in [1.807, 2.05) is 30.3 Å². The fourth-order valence-electron chi connectivity index (χ4n) is 3.68. The van der Waals surface area contributed by atoms with Gasteiger partial charge in [0.1, 0.15) is 6.04 Å². The van der Waals surface area contributed by atoms with Crippen molar-refractivity contribution in [3.63, 3.8) is 0 Å². The molecule has 0 bridgehead atoms. The summed E-state index contributed by atoms with van der Waals surface area (Å²) in [7, 11) is 0. The Kier molecular flexibility index (Phi) is 3.40. The van der Waals surface area contributed by atoms with Gasteiger partial charge in [-0.2, -0.15) is 0 Å². The lowest BCUT2D eigenvalue weighted by Crippen LogP contribution is -2.37. The van der Waals surface area contributed by atoms with Gasteiger partial charge in [0, 0.05) is 13.0 Å². The average molecular weight is 298 g/mol. The van der Waals surface area contributed by atoms with E-state index < -0.39 is 6.04 Å². The maximum atomic E-state index is 12.6. The number of carbonyl (C=O) groups excluding carboxylic acids is 2. The molecule has 1 N–H and O–H groups in total. The van der Waals surface area contributed by atoms with Crippen molar-refractivity contribution >= 4 is 11.9 Å². The minimum atomic E-state index is -0.394. The van der Waals surface area contributed by atoms with Crippen molar-refractivity contribution in [3.8, 4) is 0 Å². The fourth-order valence-corrected chi connectivity index (χ4v) is 3.68. The molecule has 3 aliphatic rings. The molecule has 1 heterocycles. The average Bonchev–Trinajstić information content (AvgIpc) is 3.41. The first-order valence-corrected chi connectivity index (χ1v) is 8.38. The van der Waals surface area contributed by atoms with Crippen molar-refractivity contribution in [1.82, 2.24) is 10.2 Å². The van der Waals surface area contributed by atoms with Gasteiger partial charge >= 0.3 is 6.03 Å². The monoisotopic (exact) mass is 298 g/mol. The number of carbonyl (C=O) groups is 2. The third-order valence-corrected chi connectivity index (χ3v) is 5.24. The van der Waals surface area contributed by atoms with Crippen LogP contribution in [0.2, 0.25) is 0 Å². The molecule has 1 unspecified atom stereocenters. The number of hydrogen-bond acceptors (Lipinski definition) is 2. The number of hydrogen-bond donors (Lipinski definition) is 1. The van der Waals surface area contributed by atoms with Gasteiger partial charge in [0.15, 0.2) is 0 Å². The maximum absolute atomic E-state index is 12.6. The number of amides is 3. The molecule has 4 rings (SSSR count). The molecule has 3 amide bonds. The Balaban J connectivity index is 1.43. The van der Waals surface area contributed by atoms with E-state index >= 15 is 0 Å². The van der Waals surface area contributed by atoms with Crippen molar-refractivity contribution in [1.29, 1.82) is 0 Å². The zero-order valence-electron chi connectivity index (χ0n) is 12.7. The molecule has 1 aliphatic heterocycles. The zero-order chi connectivity index (χ0) is 15.1. The highest BCUT2D eigenvalue weighted by atomic mass is 16.2. The fraction of sp³-hybridized carbons (Fsp3) is 0.556. The molecule has 0 aromatic heterocycles. The van der Waals surface area contributed by atoms with E-state index in [0.29, 0.717) is 18.9 Å². The first-order chi connectivity index (χ1) is 10.7. The van der Waals surface area contributed by atoms with E-state index in [4.69, 9.17) is 0 Å². The number of urea groups is 1. The standard InChI is InChI=1S/C18H22N2O2/c21-17-16(10-12-4-2-1-3-5-12)19-18(22)20(17)11-15(13-6-7-13)14-8-9-14/h1-5,13-16H,6-11H2,(H,19,22). The summed E-state index contributed by atoms with van der Waals surface area (Å²) in [6.45, 7) is 0.630. The Hall–Kier alpha value is -1.84. The second kappa shape index (κ2) is 5.41. The molecule has 4 heteroatoms. The molecule has 2 saturated carbocycles. The summed E-state index contributed by atoms with van der Waals surface area (Å²) >= 11 is 0. The summed E-state index contributed by atoms with van der Waals surface area (Å²) in [6, 6.07) is 9.29. The zero-order valence-corrected chi connectivity index (χ0v) is 12.7. The van der Waals surface area contributed by atoms with Gasteiger partial charge in [0.2, 0.25) is 0 Å². The van der Waals surface area contributed by atoms with E-state index in [2.05, 4.69) is 5.32 Å². The third-order valence-electron chi connectivity index (χ3n) is 5.24. The highest BCUT2D eigenvalue weighted by Gasteiger charge is 2.46. The van der Waals surface area contributed by atoms with Gasteiger partial charge in [-0.15, -0.1) is 0 Å². The first kappa shape index (κ1) is 13.8. The van der Waals surface area contributed by atoms with Gasteiger partial charge in [-0.1, -0.05) is 30.3 Å². The van der Waals surface area contributed by atoms with Crippen LogP contribution in [-0.2, 0) is 11.2 Å². The van der Waals surface area contributed by atoms with Crippen molar-refractivity contribution in [2.24, 2.45) is 17.8 Å². The van der Waals surface area contributed by atoms with Gasteiger partial charge in [0.05, 0.1) is 0 Å². The van der Waals surface area contributed by atoms with Crippen molar-refractivity contribution in [2.45, 2.75) is 38.1 Å². The predicted molar refractivity (Wildman–Crippen MR) is 83.1 cm³/mol. The van der Waals surface area contributed by atoms with Crippen LogP contribution in [0.5, 0.6) is 0 Å². The molecule has 4 nitrogen and oxygen atoms in total. The molecular weight excluding hydrogens is 276 g/mol. The predicted octanol–water partition coefficient (Wildman–Crippen LogP) is 2.59. The Labute approximate surface area is 130 Å². The van der Waals surface area contributed by atoms with E-state index in [-0.39, 0.29) is 11.9 Å². The highest BCUT2D eigenvalue weighted by Crippen LogP contribution is 2.49. The van der Waals surface area contributed by atoms with Crippen LogP contribution in [0.25, 0.3) is 0 Å². The molecule has 0 radical (unpaired) electrons. The SMILES string of the molecule is O=C1NC(Cc2ccccc2)C(=O)N1CC(C1CC1)C1CC1. The van der Waals surface area contributed by atoms with Gasteiger partial charge in [-0.05, 0) is 49.0 Å². The summed E-state index contributed by atoms with van der Waals surface area (Å²) in [5.74, 6) is 2.01. The van der Waals surface area contributed by atoms with E-state index in [1.54, 1.807) is 0 Å². The van der Waals surface area contributed by atoms with Crippen LogP contribution in [0.1, 0.15) is 31.2 Å². The lowest BCUT2D eigenvalue weighted by molar-refractivity contribution is -0.128. The first-order valence-electron chi connectivity index (χ1n) is 8.38. The number of rotatable bonds is 6. The number of imide groups is 1. The van der Waals surface area contributed by atoms with Gasteiger partial charge < -0.3 is 5.32 Å². The molecule has 2 aliphatic carbocycles. The van der Waals surface area contributed by atoms with Crippen molar-refractivity contribution in [3.05, 3.63) is 35.9 Å². The number of benzene rings is 1. The van der Waals surface area contributed by atoms with Crippen molar-refractivity contribution in [2.75, 3.05) is 6.54 Å². The summed E-state index contributed by atoms with van der Waals surface area (Å²) in [5, 5.41) is 2.86. The smallest absolute Gasteiger partial charge is 0.324 e. The molecule has 116 valence electrons. The Morgan fingerprint density at radius 3 is 2.27 bits per heavy atom. The quantitative estimate of drug-likeness (QED) is 0.821. The molecular formula is C18H22N2O2. The Morgan fingerprint density at radius 1 is 1.05 bits per heavy atom. The normalized spacial score (nSPS) is 25.0. The van der Waals surface area contributed by atoms with Crippen molar-refractivity contribution < 1.29 is 9.59 Å². The van der Waals surface area contributed by atoms with Crippen LogP contribution in [0.15, 0.2) is 30.3 Å². The minimum Gasteiger partial charge on any atom is -0.325 e. The number of nitrogens with zero attached hydrogens (tertiary/aromatic N) is 1. The van der Waals surface area contributed by atoms with E-state index in [0.717, 1.165) is 17.4 Å². The van der Waals surface area contributed by atoms with E-state index in [1.165, 1.54) is 30.6 Å². The molecule has 1 aromatic carbocycles. The lowest BCUT2D eigenvalue weighted by atomic mass is 9.97. The van der Waals surface area contributed by atoms with Gasteiger partial charge in [-0.3, -0.25) is 9.69 Å². The Bertz CT molecular complexity index is 566.